The third kappa shape index (κ3) is 3.96. The SMILES string of the molecule is CCC(CC)C1CCN(C(=NC)NCc2scnc2C)C1. The number of aliphatic imine (C=N–C) groups is 1. The number of aryl methyl sites for hydroxylation is 1. The smallest absolute Gasteiger partial charge is 0.193 e. The van der Waals surface area contributed by atoms with Crippen molar-refractivity contribution in [3.8, 4) is 0 Å². The Kier molecular flexibility index (Phi) is 6.03. The Morgan fingerprint density at radius 2 is 2.29 bits per heavy atom. The summed E-state index contributed by atoms with van der Waals surface area (Å²) in [5.41, 5.74) is 3.04. The van der Waals surface area contributed by atoms with Crippen LogP contribution in [0.2, 0.25) is 0 Å². The first-order valence-corrected chi connectivity index (χ1v) is 8.92. The van der Waals surface area contributed by atoms with Crippen LogP contribution in [0, 0.1) is 18.8 Å². The lowest BCUT2D eigenvalue weighted by Crippen LogP contribution is -2.40. The molecule has 2 heterocycles. The van der Waals surface area contributed by atoms with Crippen LogP contribution in [0.1, 0.15) is 43.7 Å². The van der Waals surface area contributed by atoms with E-state index in [4.69, 9.17) is 0 Å². The fourth-order valence-corrected chi connectivity index (χ4v) is 4.02. The summed E-state index contributed by atoms with van der Waals surface area (Å²) in [5, 5.41) is 3.50. The quantitative estimate of drug-likeness (QED) is 0.670. The van der Waals surface area contributed by atoms with E-state index in [2.05, 4.69) is 41.0 Å². The lowest BCUT2D eigenvalue weighted by atomic mass is 9.87. The predicted octanol–water partition coefficient (Wildman–Crippen LogP) is 3.29. The van der Waals surface area contributed by atoms with Crippen LogP contribution in [0.15, 0.2) is 10.5 Å². The molecule has 1 saturated heterocycles. The molecule has 21 heavy (non-hydrogen) atoms. The first-order chi connectivity index (χ1) is 10.2. The van der Waals surface area contributed by atoms with Gasteiger partial charge in [0.05, 0.1) is 17.7 Å². The van der Waals surface area contributed by atoms with Gasteiger partial charge in [0, 0.05) is 25.0 Å². The highest BCUT2D eigenvalue weighted by Gasteiger charge is 2.29. The third-order valence-corrected chi connectivity index (χ3v) is 5.64. The molecule has 1 aromatic heterocycles. The van der Waals surface area contributed by atoms with Crippen LogP contribution >= 0.6 is 11.3 Å². The number of hydrogen-bond acceptors (Lipinski definition) is 3. The fraction of sp³-hybridized carbons (Fsp3) is 0.750. The molecule has 0 aliphatic carbocycles. The highest BCUT2D eigenvalue weighted by Crippen LogP contribution is 2.28. The summed E-state index contributed by atoms with van der Waals surface area (Å²) < 4.78 is 0. The average Bonchev–Trinajstić information content (AvgIpc) is 3.11. The summed E-state index contributed by atoms with van der Waals surface area (Å²) in [6.07, 6.45) is 3.88. The van der Waals surface area contributed by atoms with Gasteiger partial charge in [-0.15, -0.1) is 11.3 Å². The van der Waals surface area contributed by atoms with Crippen molar-refractivity contribution in [2.45, 2.75) is 46.6 Å². The van der Waals surface area contributed by atoms with E-state index >= 15 is 0 Å². The summed E-state index contributed by atoms with van der Waals surface area (Å²) >= 11 is 1.71. The van der Waals surface area contributed by atoms with Gasteiger partial charge >= 0.3 is 0 Å². The molecule has 1 aliphatic heterocycles. The van der Waals surface area contributed by atoms with Crippen LogP contribution in [0.3, 0.4) is 0 Å². The van der Waals surface area contributed by atoms with Gasteiger partial charge in [-0.25, -0.2) is 4.98 Å². The van der Waals surface area contributed by atoms with Gasteiger partial charge in [0.25, 0.3) is 0 Å². The van der Waals surface area contributed by atoms with Crippen LogP contribution in [-0.2, 0) is 6.54 Å². The molecule has 0 amide bonds. The minimum absolute atomic E-state index is 0.823. The topological polar surface area (TPSA) is 40.5 Å². The largest absolute Gasteiger partial charge is 0.351 e. The molecule has 1 unspecified atom stereocenters. The second-order valence-electron chi connectivity index (χ2n) is 5.83. The van der Waals surface area contributed by atoms with Crippen LogP contribution in [0.5, 0.6) is 0 Å². The normalized spacial score (nSPS) is 19.6. The minimum atomic E-state index is 0.823. The number of guanidine groups is 1. The number of rotatable bonds is 5. The van der Waals surface area contributed by atoms with E-state index in [-0.39, 0.29) is 0 Å². The summed E-state index contributed by atoms with van der Waals surface area (Å²) in [7, 11) is 1.88. The Morgan fingerprint density at radius 3 is 2.86 bits per heavy atom. The summed E-state index contributed by atoms with van der Waals surface area (Å²) in [5.74, 6) is 2.72. The van der Waals surface area contributed by atoms with Crippen molar-refractivity contribution in [1.29, 1.82) is 0 Å². The van der Waals surface area contributed by atoms with E-state index < -0.39 is 0 Å². The van der Waals surface area contributed by atoms with E-state index in [0.29, 0.717) is 0 Å². The van der Waals surface area contributed by atoms with Gasteiger partial charge in [0.2, 0.25) is 0 Å². The van der Waals surface area contributed by atoms with Crippen molar-refractivity contribution in [2.24, 2.45) is 16.8 Å². The Balaban J connectivity index is 1.89. The Labute approximate surface area is 132 Å². The Bertz CT molecular complexity index is 465. The summed E-state index contributed by atoms with van der Waals surface area (Å²) in [6, 6.07) is 0. The molecule has 4 nitrogen and oxygen atoms in total. The highest BCUT2D eigenvalue weighted by atomic mass is 32.1. The molecular formula is C16H28N4S. The molecule has 5 heteroatoms. The average molecular weight is 308 g/mol. The molecular weight excluding hydrogens is 280 g/mol. The van der Waals surface area contributed by atoms with Crippen LogP contribution < -0.4 is 5.32 Å². The molecule has 0 aromatic carbocycles. The van der Waals surface area contributed by atoms with Crippen molar-refractivity contribution in [2.75, 3.05) is 20.1 Å². The Morgan fingerprint density at radius 1 is 1.52 bits per heavy atom. The van der Waals surface area contributed by atoms with Crippen molar-refractivity contribution in [3.05, 3.63) is 16.1 Å². The van der Waals surface area contributed by atoms with Crippen LogP contribution in [0.4, 0.5) is 0 Å². The summed E-state index contributed by atoms with van der Waals surface area (Å²) in [4.78, 5) is 12.5. The highest BCUT2D eigenvalue weighted by molar-refractivity contribution is 7.09. The number of nitrogens with zero attached hydrogens (tertiary/aromatic N) is 3. The molecule has 1 N–H and O–H groups in total. The predicted molar refractivity (Wildman–Crippen MR) is 90.8 cm³/mol. The molecule has 1 fully saturated rings. The number of thiazole rings is 1. The van der Waals surface area contributed by atoms with Crippen molar-refractivity contribution in [3.63, 3.8) is 0 Å². The van der Waals surface area contributed by atoms with E-state index in [9.17, 15) is 0 Å². The first kappa shape index (κ1) is 16.3. The van der Waals surface area contributed by atoms with E-state index in [1.807, 2.05) is 12.6 Å². The second-order valence-corrected chi connectivity index (χ2v) is 6.77. The molecule has 1 aromatic rings. The van der Waals surface area contributed by atoms with Crippen molar-refractivity contribution < 1.29 is 0 Å². The van der Waals surface area contributed by atoms with E-state index in [0.717, 1.165) is 43.1 Å². The maximum absolute atomic E-state index is 4.46. The maximum Gasteiger partial charge on any atom is 0.193 e. The zero-order valence-electron chi connectivity index (χ0n) is 13.7. The van der Waals surface area contributed by atoms with Gasteiger partial charge in [-0.05, 0) is 25.2 Å². The van der Waals surface area contributed by atoms with Gasteiger partial charge in [-0.3, -0.25) is 4.99 Å². The van der Waals surface area contributed by atoms with Gasteiger partial charge in [0.1, 0.15) is 0 Å². The van der Waals surface area contributed by atoms with Gasteiger partial charge in [-0.1, -0.05) is 26.7 Å². The molecule has 0 saturated carbocycles. The zero-order chi connectivity index (χ0) is 15.2. The number of likely N-dealkylation sites (tertiary alicyclic amines) is 1. The fourth-order valence-electron chi connectivity index (χ4n) is 3.31. The molecule has 0 radical (unpaired) electrons. The third-order valence-electron chi connectivity index (χ3n) is 4.70. The standard InChI is InChI=1S/C16H28N4S/c1-5-13(6-2)14-7-8-20(10-14)16(17-4)18-9-15-12(3)19-11-21-15/h11,13-14H,5-10H2,1-4H3,(H,17,18). The van der Waals surface area contributed by atoms with Crippen LogP contribution in [-0.4, -0.2) is 36.0 Å². The van der Waals surface area contributed by atoms with E-state index in [1.54, 1.807) is 11.3 Å². The molecule has 0 bridgehead atoms. The van der Waals surface area contributed by atoms with Crippen molar-refractivity contribution in [1.82, 2.24) is 15.2 Å². The lowest BCUT2D eigenvalue weighted by Gasteiger charge is -2.24. The molecule has 1 atom stereocenters. The molecule has 118 valence electrons. The van der Waals surface area contributed by atoms with Crippen molar-refractivity contribution >= 4 is 17.3 Å². The number of nitrogens with one attached hydrogen (secondary N) is 1. The maximum atomic E-state index is 4.46. The zero-order valence-corrected chi connectivity index (χ0v) is 14.5. The molecule has 0 spiro atoms. The summed E-state index contributed by atoms with van der Waals surface area (Å²) in [6.45, 7) is 9.80. The number of hydrogen-bond donors (Lipinski definition) is 1. The van der Waals surface area contributed by atoms with Crippen LogP contribution in [0.25, 0.3) is 0 Å². The van der Waals surface area contributed by atoms with Gasteiger partial charge < -0.3 is 10.2 Å². The Hall–Kier alpha value is -1.10. The molecule has 2 rings (SSSR count). The lowest BCUT2D eigenvalue weighted by molar-refractivity contribution is 0.319. The second kappa shape index (κ2) is 7.78. The van der Waals surface area contributed by atoms with Gasteiger partial charge in [-0.2, -0.15) is 0 Å². The first-order valence-electron chi connectivity index (χ1n) is 8.04. The van der Waals surface area contributed by atoms with E-state index in [1.165, 1.54) is 24.1 Å². The van der Waals surface area contributed by atoms with Gasteiger partial charge in [0.15, 0.2) is 5.96 Å². The minimum Gasteiger partial charge on any atom is -0.351 e. The molecule has 1 aliphatic rings. The number of aromatic nitrogens is 1. The monoisotopic (exact) mass is 308 g/mol.